The van der Waals surface area contributed by atoms with Gasteiger partial charge >= 0.3 is 0 Å². The Morgan fingerprint density at radius 3 is 2.69 bits per heavy atom. The fourth-order valence-electron chi connectivity index (χ4n) is 4.48. The summed E-state index contributed by atoms with van der Waals surface area (Å²) >= 11 is 0. The summed E-state index contributed by atoms with van der Waals surface area (Å²) < 4.78 is 33.6. The molecule has 9 heteroatoms. The Bertz CT molecular complexity index is 1120. The van der Waals surface area contributed by atoms with Gasteiger partial charge in [0.2, 0.25) is 21.8 Å². The highest BCUT2D eigenvalue weighted by Gasteiger charge is 2.34. The van der Waals surface area contributed by atoms with Crippen molar-refractivity contribution in [1.29, 1.82) is 0 Å². The first-order chi connectivity index (χ1) is 15.3. The second kappa shape index (κ2) is 9.07. The fraction of sp³-hybridized carbons (Fsp3) is 0.478. The van der Waals surface area contributed by atoms with E-state index in [1.165, 1.54) is 11.2 Å². The van der Waals surface area contributed by atoms with Crippen molar-refractivity contribution in [2.75, 3.05) is 24.5 Å². The first kappa shape index (κ1) is 22.5. The molecular formula is C23H29N3O5S. The van der Waals surface area contributed by atoms with Gasteiger partial charge in [-0.1, -0.05) is 0 Å². The maximum atomic E-state index is 13.3. The number of nitrogens with one attached hydrogen (secondary N) is 1. The molecule has 172 valence electrons. The normalized spacial score (nSPS) is 19.4. The second-order valence-corrected chi connectivity index (χ2v) is 10.4. The molecule has 32 heavy (non-hydrogen) atoms. The molecule has 0 unspecified atom stereocenters. The molecule has 0 spiro atoms. The number of furan rings is 1. The number of aryl methyl sites for hydroxylation is 2. The fourth-order valence-corrected chi connectivity index (χ4v) is 6.06. The van der Waals surface area contributed by atoms with Gasteiger partial charge in [0.25, 0.3) is 0 Å². The first-order valence-electron chi connectivity index (χ1n) is 11.0. The number of piperidine rings is 1. The lowest BCUT2D eigenvalue weighted by Gasteiger charge is -2.32. The predicted molar refractivity (Wildman–Crippen MR) is 120 cm³/mol. The van der Waals surface area contributed by atoms with E-state index >= 15 is 0 Å². The van der Waals surface area contributed by atoms with Crippen molar-refractivity contribution in [3.63, 3.8) is 0 Å². The molecule has 3 heterocycles. The summed E-state index contributed by atoms with van der Waals surface area (Å²) in [5.41, 5.74) is 1.65. The SMILES string of the molecule is CC(=O)N1CCCc2cc(S(=O)(=O)N3CCC[C@@H](C(=O)NCc4ccc(C)o4)C3)ccc21. The molecule has 0 bridgehead atoms. The van der Waals surface area contributed by atoms with Gasteiger partial charge in [-0.05, 0) is 68.5 Å². The van der Waals surface area contributed by atoms with Crippen LogP contribution in [0.2, 0.25) is 0 Å². The van der Waals surface area contributed by atoms with Crippen LogP contribution in [0.3, 0.4) is 0 Å². The highest BCUT2D eigenvalue weighted by Crippen LogP contribution is 2.31. The van der Waals surface area contributed by atoms with Crippen LogP contribution in [0.5, 0.6) is 0 Å². The van der Waals surface area contributed by atoms with Crippen molar-refractivity contribution >= 4 is 27.5 Å². The number of amides is 2. The Labute approximate surface area is 188 Å². The molecule has 4 rings (SSSR count). The highest BCUT2D eigenvalue weighted by atomic mass is 32.2. The monoisotopic (exact) mass is 459 g/mol. The molecule has 1 aromatic heterocycles. The third-order valence-corrected chi connectivity index (χ3v) is 8.04. The van der Waals surface area contributed by atoms with E-state index in [0.717, 1.165) is 29.9 Å². The molecule has 1 atom stereocenters. The van der Waals surface area contributed by atoms with E-state index in [2.05, 4.69) is 5.32 Å². The lowest BCUT2D eigenvalue weighted by molar-refractivity contribution is -0.126. The van der Waals surface area contributed by atoms with E-state index in [4.69, 9.17) is 4.42 Å². The molecule has 0 aliphatic carbocycles. The van der Waals surface area contributed by atoms with Crippen LogP contribution in [0, 0.1) is 12.8 Å². The van der Waals surface area contributed by atoms with E-state index in [9.17, 15) is 18.0 Å². The number of anilines is 1. The number of sulfonamides is 1. The van der Waals surface area contributed by atoms with Gasteiger partial charge in [-0.25, -0.2) is 8.42 Å². The predicted octanol–water partition coefficient (Wildman–Crippen LogP) is 2.60. The molecule has 1 aromatic carbocycles. The molecule has 2 aliphatic heterocycles. The molecule has 2 aromatic rings. The van der Waals surface area contributed by atoms with Gasteiger partial charge < -0.3 is 14.6 Å². The van der Waals surface area contributed by atoms with Gasteiger partial charge in [0, 0.05) is 32.2 Å². The summed E-state index contributed by atoms with van der Waals surface area (Å²) in [4.78, 5) is 26.5. The summed E-state index contributed by atoms with van der Waals surface area (Å²) in [6.07, 6.45) is 2.81. The molecule has 1 N–H and O–H groups in total. The molecule has 1 fully saturated rings. The minimum atomic E-state index is -3.73. The zero-order valence-corrected chi connectivity index (χ0v) is 19.3. The number of benzene rings is 1. The molecule has 0 saturated carbocycles. The zero-order valence-electron chi connectivity index (χ0n) is 18.5. The van der Waals surface area contributed by atoms with Gasteiger partial charge in [0.05, 0.1) is 17.4 Å². The number of carbonyl (C=O) groups is 2. The summed E-state index contributed by atoms with van der Waals surface area (Å²) in [5.74, 6) is 0.837. The average Bonchev–Trinajstić information content (AvgIpc) is 3.21. The minimum absolute atomic E-state index is 0.0452. The van der Waals surface area contributed by atoms with Crippen LogP contribution in [0.4, 0.5) is 5.69 Å². The van der Waals surface area contributed by atoms with Crippen LogP contribution in [-0.4, -0.2) is 44.2 Å². The van der Waals surface area contributed by atoms with E-state index < -0.39 is 15.9 Å². The molecule has 1 saturated heterocycles. The number of hydrogen-bond donors (Lipinski definition) is 1. The second-order valence-electron chi connectivity index (χ2n) is 8.50. The van der Waals surface area contributed by atoms with Crippen LogP contribution >= 0.6 is 0 Å². The van der Waals surface area contributed by atoms with Crippen LogP contribution in [0.15, 0.2) is 39.6 Å². The Kier molecular flexibility index (Phi) is 6.39. The van der Waals surface area contributed by atoms with Crippen molar-refractivity contribution < 1.29 is 22.4 Å². The van der Waals surface area contributed by atoms with Crippen molar-refractivity contribution in [2.24, 2.45) is 5.92 Å². The van der Waals surface area contributed by atoms with Gasteiger partial charge in [-0.2, -0.15) is 4.31 Å². The van der Waals surface area contributed by atoms with Gasteiger partial charge in [-0.3, -0.25) is 9.59 Å². The third kappa shape index (κ3) is 4.59. The smallest absolute Gasteiger partial charge is 0.243 e. The standard InChI is InChI=1S/C23H29N3O5S/c1-16-7-8-20(31-16)14-24-23(28)19-6-3-11-25(15-19)32(29,30)21-9-10-22-18(13-21)5-4-12-26(22)17(2)27/h7-10,13,19H,3-6,11-12,14-15H2,1-2H3,(H,24,28)/t19-/m1/s1. The number of rotatable bonds is 5. The number of nitrogens with zero attached hydrogens (tertiary/aromatic N) is 2. The van der Waals surface area contributed by atoms with Crippen molar-refractivity contribution in [3.8, 4) is 0 Å². The van der Waals surface area contributed by atoms with E-state index in [0.29, 0.717) is 31.7 Å². The highest BCUT2D eigenvalue weighted by molar-refractivity contribution is 7.89. The Balaban J connectivity index is 1.46. The number of fused-ring (bicyclic) bond motifs is 1. The lowest BCUT2D eigenvalue weighted by Crippen LogP contribution is -2.45. The molecule has 2 amide bonds. The minimum Gasteiger partial charge on any atom is -0.465 e. The lowest BCUT2D eigenvalue weighted by atomic mass is 9.99. The van der Waals surface area contributed by atoms with E-state index in [1.807, 2.05) is 19.1 Å². The van der Waals surface area contributed by atoms with Crippen LogP contribution in [0.25, 0.3) is 0 Å². The molecule has 8 nitrogen and oxygen atoms in total. The molecule has 0 radical (unpaired) electrons. The van der Waals surface area contributed by atoms with Crippen molar-refractivity contribution in [3.05, 3.63) is 47.4 Å². The third-order valence-electron chi connectivity index (χ3n) is 6.18. The summed E-state index contributed by atoms with van der Waals surface area (Å²) in [6, 6.07) is 8.63. The summed E-state index contributed by atoms with van der Waals surface area (Å²) in [7, 11) is -3.73. The van der Waals surface area contributed by atoms with Crippen molar-refractivity contribution in [2.45, 2.75) is 51.0 Å². The van der Waals surface area contributed by atoms with Crippen molar-refractivity contribution in [1.82, 2.24) is 9.62 Å². The average molecular weight is 460 g/mol. The Morgan fingerprint density at radius 2 is 1.97 bits per heavy atom. The summed E-state index contributed by atoms with van der Waals surface area (Å²) in [5, 5.41) is 2.86. The zero-order chi connectivity index (χ0) is 22.9. The quantitative estimate of drug-likeness (QED) is 0.741. The van der Waals surface area contributed by atoms with Crippen LogP contribution in [-0.2, 0) is 32.6 Å². The van der Waals surface area contributed by atoms with Gasteiger partial charge in [0.1, 0.15) is 11.5 Å². The van der Waals surface area contributed by atoms with Crippen LogP contribution < -0.4 is 10.2 Å². The Hall–Kier alpha value is -2.65. The van der Waals surface area contributed by atoms with Crippen LogP contribution in [0.1, 0.15) is 43.3 Å². The maximum Gasteiger partial charge on any atom is 0.243 e. The maximum absolute atomic E-state index is 13.3. The van der Waals surface area contributed by atoms with Gasteiger partial charge in [0.15, 0.2) is 0 Å². The van der Waals surface area contributed by atoms with Gasteiger partial charge in [-0.15, -0.1) is 0 Å². The largest absolute Gasteiger partial charge is 0.465 e. The number of carbonyl (C=O) groups excluding carboxylic acids is 2. The number of hydrogen-bond acceptors (Lipinski definition) is 5. The Morgan fingerprint density at radius 1 is 1.16 bits per heavy atom. The first-order valence-corrected chi connectivity index (χ1v) is 12.4. The van der Waals surface area contributed by atoms with E-state index in [-0.39, 0.29) is 29.8 Å². The topological polar surface area (TPSA) is 99.9 Å². The van der Waals surface area contributed by atoms with E-state index in [1.54, 1.807) is 23.1 Å². The molecular weight excluding hydrogens is 430 g/mol. The molecule has 2 aliphatic rings. The summed E-state index contributed by atoms with van der Waals surface area (Å²) in [6.45, 7) is 4.84.